The summed E-state index contributed by atoms with van der Waals surface area (Å²) in [5.41, 5.74) is 0. The maximum absolute atomic E-state index is 12.3. The molecule has 10 heteroatoms. The molecular formula is C9H14ClN3O4S2. The molecule has 0 N–H and O–H groups in total. The molecule has 0 saturated carbocycles. The van der Waals surface area contributed by atoms with Crippen molar-refractivity contribution >= 4 is 31.5 Å². The van der Waals surface area contributed by atoms with E-state index in [2.05, 4.69) is 5.10 Å². The predicted octanol–water partition coefficient (Wildman–Crippen LogP) is -0.459. The number of sulfone groups is 1. The summed E-state index contributed by atoms with van der Waals surface area (Å²) in [5.74, 6) is 0.0627. The van der Waals surface area contributed by atoms with E-state index in [4.69, 9.17) is 11.6 Å². The van der Waals surface area contributed by atoms with Crippen LogP contribution in [0.1, 0.15) is 0 Å². The third-order valence-corrected chi connectivity index (χ3v) is 6.49. The quantitative estimate of drug-likeness (QED) is 0.698. The Morgan fingerprint density at radius 3 is 2.53 bits per heavy atom. The monoisotopic (exact) mass is 327 g/mol. The van der Waals surface area contributed by atoms with Gasteiger partial charge in [-0.05, 0) is 0 Å². The largest absolute Gasteiger partial charge is 0.270 e. The highest BCUT2D eigenvalue weighted by molar-refractivity contribution is 7.92. The molecule has 0 unspecified atom stereocenters. The Hall–Kier alpha value is -0.640. The lowest BCUT2D eigenvalue weighted by molar-refractivity contribution is 0.430. The Morgan fingerprint density at radius 1 is 1.32 bits per heavy atom. The van der Waals surface area contributed by atoms with Gasteiger partial charge in [0.2, 0.25) is 10.0 Å². The normalized spacial score (nSPS) is 20.5. The molecule has 2 rings (SSSR count). The van der Waals surface area contributed by atoms with Gasteiger partial charge < -0.3 is 0 Å². The number of halogens is 1. The topological polar surface area (TPSA) is 89.3 Å². The molecule has 0 amide bonds. The Morgan fingerprint density at radius 2 is 1.95 bits per heavy atom. The highest BCUT2D eigenvalue weighted by atomic mass is 35.5. The fourth-order valence-corrected chi connectivity index (χ4v) is 4.77. The van der Waals surface area contributed by atoms with E-state index in [0.29, 0.717) is 12.4 Å². The van der Waals surface area contributed by atoms with E-state index in [-0.39, 0.29) is 29.5 Å². The lowest BCUT2D eigenvalue weighted by atomic mass is 10.6. The molecule has 108 valence electrons. The van der Waals surface area contributed by atoms with Crippen molar-refractivity contribution in [1.82, 2.24) is 14.1 Å². The van der Waals surface area contributed by atoms with Crippen LogP contribution in [0.15, 0.2) is 17.3 Å². The molecule has 1 aromatic rings. The third kappa shape index (κ3) is 3.28. The van der Waals surface area contributed by atoms with Gasteiger partial charge in [-0.1, -0.05) is 0 Å². The molecule has 0 bridgehead atoms. The van der Waals surface area contributed by atoms with Crippen LogP contribution in [0.5, 0.6) is 0 Å². The molecule has 2 heterocycles. The minimum atomic E-state index is -3.67. The first-order valence-corrected chi connectivity index (χ1v) is 9.44. The highest BCUT2D eigenvalue weighted by Crippen LogP contribution is 2.17. The molecule has 0 spiro atoms. The van der Waals surface area contributed by atoms with Gasteiger partial charge in [-0.2, -0.15) is 9.40 Å². The average Bonchev–Trinajstić information content (AvgIpc) is 2.78. The number of alkyl halides is 1. The molecule has 1 fully saturated rings. The standard InChI is InChI=1S/C9H14ClN3O4S2/c10-1-2-12-8-9(7-11-12)19(16,17)13-3-5-18(14,15)6-4-13/h7-8H,1-6H2. The summed E-state index contributed by atoms with van der Waals surface area (Å²) in [6.07, 6.45) is 2.66. The van der Waals surface area contributed by atoms with Crippen LogP contribution in [0, 0.1) is 0 Å². The Labute approximate surface area is 117 Å². The second-order valence-electron chi connectivity index (χ2n) is 4.18. The number of aromatic nitrogens is 2. The van der Waals surface area contributed by atoms with Gasteiger partial charge in [0.05, 0.1) is 24.2 Å². The molecule has 1 aromatic heterocycles. The van der Waals surface area contributed by atoms with Gasteiger partial charge in [0.25, 0.3) is 0 Å². The van der Waals surface area contributed by atoms with E-state index >= 15 is 0 Å². The molecule has 0 radical (unpaired) electrons. The summed E-state index contributed by atoms with van der Waals surface area (Å²) < 4.78 is 49.7. The molecule has 1 aliphatic heterocycles. The van der Waals surface area contributed by atoms with Crippen molar-refractivity contribution in [2.24, 2.45) is 0 Å². The summed E-state index contributed by atoms with van der Waals surface area (Å²) in [6.45, 7) is 0.405. The number of nitrogens with zero attached hydrogens (tertiary/aromatic N) is 3. The summed E-state index contributed by atoms with van der Waals surface area (Å²) in [5, 5.41) is 3.90. The van der Waals surface area contributed by atoms with Gasteiger partial charge in [0.1, 0.15) is 4.90 Å². The summed E-state index contributed by atoms with van der Waals surface area (Å²) in [7, 11) is -6.77. The summed E-state index contributed by atoms with van der Waals surface area (Å²) in [6, 6.07) is 0. The molecule has 19 heavy (non-hydrogen) atoms. The Bertz CT molecular complexity index is 639. The van der Waals surface area contributed by atoms with Crippen LogP contribution in [-0.2, 0) is 26.4 Å². The van der Waals surface area contributed by atoms with Gasteiger partial charge >= 0.3 is 0 Å². The lowest BCUT2D eigenvalue weighted by Gasteiger charge is -2.25. The average molecular weight is 328 g/mol. The second kappa shape index (κ2) is 5.39. The first kappa shape index (κ1) is 14.8. The van der Waals surface area contributed by atoms with Crippen molar-refractivity contribution < 1.29 is 16.8 Å². The highest BCUT2D eigenvalue weighted by Gasteiger charge is 2.31. The molecule has 7 nitrogen and oxygen atoms in total. The molecule has 0 aromatic carbocycles. The van der Waals surface area contributed by atoms with Crippen molar-refractivity contribution in [3.63, 3.8) is 0 Å². The van der Waals surface area contributed by atoms with Crippen LogP contribution in [-0.4, -0.2) is 61.4 Å². The molecule has 0 atom stereocenters. The van der Waals surface area contributed by atoms with Crippen molar-refractivity contribution in [1.29, 1.82) is 0 Å². The summed E-state index contributed by atoms with van der Waals surface area (Å²) >= 11 is 5.55. The SMILES string of the molecule is O=S1(=O)CCN(S(=O)(=O)c2cnn(CCCl)c2)CC1. The maximum Gasteiger partial charge on any atom is 0.246 e. The van der Waals surface area contributed by atoms with Crippen LogP contribution in [0.3, 0.4) is 0 Å². The first-order chi connectivity index (χ1) is 8.85. The van der Waals surface area contributed by atoms with E-state index in [1.165, 1.54) is 21.4 Å². The predicted molar refractivity (Wildman–Crippen MR) is 70.4 cm³/mol. The van der Waals surface area contributed by atoms with Crippen molar-refractivity contribution in [2.75, 3.05) is 30.5 Å². The third-order valence-electron chi connectivity index (χ3n) is 2.86. The van der Waals surface area contributed by atoms with Gasteiger partial charge in [-0.15, -0.1) is 11.6 Å². The smallest absolute Gasteiger partial charge is 0.246 e. The molecule has 1 aliphatic rings. The van der Waals surface area contributed by atoms with Crippen molar-refractivity contribution in [2.45, 2.75) is 11.4 Å². The maximum atomic E-state index is 12.3. The number of hydrogen-bond donors (Lipinski definition) is 0. The van der Waals surface area contributed by atoms with Gasteiger partial charge in [0.15, 0.2) is 9.84 Å². The van der Waals surface area contributed by atoms with Gasteiger partial charge in [-0.3, -0.25) is 4.68 Å². The van der Waals surface area contributed by atoms with E-state index in [9.17, 15) is 16.8 Å². The van der Waals surface area contributed by atoms with Crippen LogP contribution in [0.25, 0.3) is 0 Å². The number of hydrogen-bond acceptors (Lipinski definition) is 5. The van der Waals surface area contributed by atoms with E-state index in [0.717, 1.165) is 0 Å². The van der Waals surface area contributed by atoms with Crippen LogP contribution < -0.4 is 0 Å². The fourth-order valence-electron chi connectivity index (χ4n) is 1.77. The van der Waals surface area contributed by atoms with Gasteiger partial charge in [0, 0.05) is 25.2 Å². The second-order valence-corrected chi connectivity index (χ2v) is 8.80. The number of aryl methyl sites for hydroxylation is 1. The van der Waals surface area contributed by atoms with Crippen LogP contribution in [0.4, 0.5) is 0 Å². The minimum Gasteiger partial charge on any atom is -0.270 e. The summed E-state index contributed by atoms with van der Waals surface area (Å²) in [4.78, 5) is 0.0666. The fraction of sp³-hybridized carbons (Fsp3) is 0.667. The zero-order valence-electron chi connectivity index (χ0n) is 10.1. The lowest BCUT2D eigenvalue weighted by Crippen LogP contribution is -2.43. The zero-order valence-corrected chi connectivity index (χ0v) is 12.5. The molecule has 0 aliphatic carbocycles. The van der Waals surface area contributed by atoms with Crippen LogP contribution >= 0.6 is 11.6 Å². The zero-order chi connectivity index (χ0) is 14.1. The number of rotatable bonds is 4. The van der Waals surface area contributed by atoms with E-state index in [1.54, 1.807) is 0 Å². The minimum absolute atomic E-state index is 0.00858. The Kier molecular flexibility index (Phi) is 4.19. The van der Waals surface area contributed by atoms with E-state index in [1.807, 2.05) is 0 Å². The number of sulfonamides is 1. The molecular weight excluding hydrogens is 314 g/mol. The Balaban J connectivity index is 2.18. The van der Waals surface area contributed by atoms with Gasteiger partial charge in [-0.25, -0.2) is 16.8 Å². The van der Waals surface area contributed by atoms with Crippen LogP contribution in [0.2, 0.25) is 0 Å². The van der Waals surface area contributed by atoms with Crippen molar-refractivity contribution in [3.05, 3.63) is 12.4 Å². The first-order valence-electron chi connectivity index (χ1n) is 5.64. The van der Waals surface area contributed by atoms with E-state index < -0.39 is 19.9 Å². The molecule has 1 saturated heterocycles. The van der Waals surface area contributed by atoms with Crippen molar-refractivity contribution in [3.8, 4) is 0 Å².